The molecule has 0 aromatic heterocycles. The van der Waals surface area contributed by atoms with Crippen LogP contribution in [0.15, 0.2) is 0 Å². The standard InChI is InChI=1S/C11H24N4O/c1-14(2)13-11(16)7-10(12)9-5-4-6-15(3)8-9/h9-10H,4-8,12H2,1-3H3,(H,13,16). The zero-order chi connectivity index (χ0) is 12.1. The number of amides is 1. The first-order valence-electron chi connectivity index (χ1n) is 5.90. The van der Waals surface area contributed by atoms with E-state index in [1.807, 2.05) is 0 Å². The molecule has 0 bridgehead atoms. The van der Waals surface area contributed by atoms with E-state index in [1.165, 1.54) is 6.42 Å². The lowest BCUT2D eigenvalue weighted by atomic mass is 9.89. The van der Waals surface area contributed by atoms with Crippen molar-refractivity contribution in [1.29, 1.82) is 0 Å². The summed E-state index contributed by atoms with van der Waals surface area (Å²) in [5, 5.41) is 1.65. The fourth-order valence-corrected chi connectivity index (χ4v) is 2.23. The minimum atomic E-state index is -0.0253. The number of hydrogen-bond donors (Lipinski definition) is 2. The smallest absolute Gasteiger partial charge is 0.235 e. The molecule has 1 saturated heterocycles. The first-order valence-corrected chi connectivity index (χ1v) is 5.90. The number of carbonyl (C=O) groups excluding carboxylic acids is 1. The van der Waals surface area contributed by atoms with Crippen LogP contribution in [0.5, 0.6) is 0 Å². The molecule has 1 aliphatic heterocycles. The van der Waals surface area contributed by atoms with E-state index in [0.717, 1.165) is 19.5 Å². The van der Waals surface area contributed by atoms with E-state index in [9.17, 15) is 4.79 Å². The Kier molecular flexibility index (Phi) is 5.18. The summed E-state index contributed by atoms with van der Waals surface area (Å²) in [6.07, 6.45) is 2.74. The number of hydrogen-bond acceptors (Lipinski definition) is 4. The van der Waals surface area contributed by atoms with Crippen molar-refractivity contribution in [3.05, 3.63) is 0 Å². The summed E-state index contributed by atoms with van der Waals surface area (Å²) < 4.78 is 0. The van der Waals surface area contributed by atoms with Crippen LogP contribution in [-0.4, -0.2) is 56.1 Å². The molecule has 1 aliphatic rings. The normalized spacial score (nSPS) is 24.4. The van der Waals surface area contributed by atoms with Gasteiger partial charge in [-0.1, -0.05) is 0 Å². The van der Waals surface area contributed by atoms with Gasteiger partial charge in [-0.25, -0.2) is 5.01 Å². The van der Waals surface area contributed by atoms with Gasteiger partial charge in [0, 0.05) is 33.1 Å². The van der Waals surface area contributed by atoms with E-state index in [2.05, 4.69) is 17.4 Å². The monoisotopic (exact) mass is 228 g/mol. The molecule has 0 saturated carbocycles. The maximum absolute atomic E-state index is 11.5. The van der Waals surface area contributed by atoms with Gasteiger partial charge in [-0.15, -0.1) is 0 Å². The van der Waals surface area contributed by atoms with E-state index in [4.69, 9.17) is 5.73 Å². The van der Waals surface area contributed by atoms with Crippen molar-refractivity contribution in [3.63, 3.8) is 0 Å². The third kappa shape index (κ3) is 4.47. The molecule has 0 aliphatic carbocycles. The van der Waals surface area contributed by atoms with Crippen molar-refractivity contribution in [2.75, 3.05) is 34.2 Å². The molecular formula is C11H24N4O. The Bertz CT molecular complexity index is 232. The van der Waals surface area contributed by atoms with Gasteiger partial charge in [0.1, 0.15) is 0 Å². The molecule has 94 valence electrons. The lowest BCUT2D eigenvalue weighted by Gasteiger charge is -2.33. The average molecular weight is 228 g/mol. The second-order valence-electron chi connectivity index (χ2n) is 4.96. The molecule has 0 aromatic rings. The Morgan fingerprint density at radius 3 is 2.88 bits per heavy atom. The maximum atomic E-state index is 11.5. The molecule has 0 radical (unpaired) electrons. The van der Waals surface area contributed by atoms with Crippen molar-refractivity contribution in [2.45, 2.75) is 25.3 Å². The number of piperidine rings is 1. The van der Waals surface area contributed by atoms with E-state index < -0.39 is 0 Å². The van der Waals surface area contributed by atoms with Crippen molar-refractivity contribution < 1.29 is 4.79 Å². The Balaban J connectivity index is 2.33. The molecule has 16 heavy (non-hydrogen) atoms. The largest absolute Gasteiger partial charge is 0.327 e. The van der Waals surface area contributed by atoms with Crippen LogP contribution < -0.4 is 11.2 Å². The zero-order valence-corrected chi connectivity index (χ0v) is 10.6. The highest BCUT2D eigenvalue weighted by Crippen LogP contribution is 2.19. The minimum absolute atomic E-state index is 0.00530. The Morgan fingerprint density at radius 1 is 1.62 bits per heavy atom. The van der Waals surface area contributed by atoms with Crippen LogP contribution in [0, 0.1) is 5.92 Å². The Labute approximate surface area is 97.9 Å². The van der Waals surface area contributed by atoms with Gasteiger partial charge in [0.25, 0.3) is 0 Å². The summed E-state index contributed by atoms with van der Waals surface area (Å²) in [6, 6.07) is -0.0253. The van der Waals surface area contributed by atoms with Crippen LogP contribution in [-0.2, 0) is 4.79 Å². The minimum Gasteiger partial charge on any atom is -0.327 e. The molecular weight excluding hydrogens is 204 g/mol. The summed E-state index contributed by atoms with van der Waals surface area (Å²) in [7, 11) is 5.72. The number of likely N-dealkylation sites (tertiary alicyclic amines) is 1. The van der Waals surface area contributed by atoms with Gasteiger partial charge >= 0.3 is 0 Å². The van der Waals surface area contributed by atoms with Crippen molar-refractivity contribution >= 4 is 5.91 Å². The Hall–Kier alpha value is -0.650. The molecule has 1 rings (SSSR count). The van der Waals surface area contributed by atoms with Gasteiger partial charge in [-0.3, -0.25) is 10.2 Å². The second kappa shape index (κ2) is 6.18. The van der Waals surface area contributed by atoms with Crippen LogP contribution in [0.3, 0.4) is 0 Å². The highest BCUT2D eigenvalue weighted by molar-refractivity contribution is 5.76. The first-order chi connectivity index (χ1) is 7.49. The molecule has 5 nitrogen and oxygen atoms in total. The lowest BCUT2D eigenvalue weighted by molar-refractivity contribution is -0.125. The molecule has 2 unspecified atom stereocenters. The number of nitrogens with zero attached hydrogens (tertiary/aromatic N) is 2. The number of carbonyl (C=O) groups is 1. The van der Waals surface area contributed by atoms with Gasteiger partial charge in [0.15, 0.2) is 0 Å². The summed E-state index contributed by atoms with van der Waals surface area (Å²) in [4.78, 5) is 13.8. The summed E-state index contributed by atoms with van der Waals surface area (Å²) in [6.45, 7) is 2.16. The molecule has 2 atom stereocenters. The summed E-state index contributed by atoms with van der Waals surface area (Å²) in [5.74, 6) is 0.456. The molecule has 1 heterocycles. The van der Waals surface area contributed by atoms with E-state index in [0.29, 0.717) is 12.3 Å². The fraction of sp³-hybridized carbons (Fsp3) is 0.909. The quantitative estimate of drug-likeness (QED) is 0.645. The summed E-state index contributed by atoms with van der Waals surface area (Å²) in [5.41, 5.74) is 8.81. The predicted octanol–water partition coefficient (Wildman–Crippen LogP) is -0.362. The molecule has 3 N–H and O–H groups in total. The SMILES string of the molecule is CN1CCCC(C(N)CC(=O)NN(C)C)C1. The zero-order valence-electron chi connectivity index (χ0n) is 10.6. The summed E-state index contributed by atoms with van der Waals surface area (Å²) >= 11 is 0. The van der Waals surface area contributed by atoms with Crippen molar-refractivity contribution in [2.24, 2.45) is 11.7 Å². The number of hydrazine groups is 1. The van der Waals surface area contributed by atoms with Crippen LogP contribution >= 0.6 is 0 Å². The molecule has 1 fully saturated rings. The van der Waals surface area contributed by atoms with Crippen LogP contribution in [0.2, 0.25) is 0 Å². The lowest BCUT2D eigenvalue weighted by Crippen LogP contribution is -2.46. The van der Waals surface area contributed by atoms with Gasteiger partial charge in [-0.2, -0.15) is 0 Å². The third-order valence-electron chi connectivity index (χ3n) is 3.04. The van der Waals surface area contributed by atoms with Gasteiger partial charge in [-0.05, 0) is 32.4 Å². The molecule has 5 heteroatoms. The molecule has 0 aromatic carbocycles. The molecule has 1 amide bonds. The number of rotatable bonds is 4. The fourth-order valence-electron chi connectivity index (χ4n) is 2.23. The van der Waals surface area contributed by atoms with E-state index in [1.54, 1.807) is 19.1 Å². The average Bonchev–Trinajstić information content (AvgIpc) is 2.16. The first kappa shape index (κ1) is 13.4. The molecule has 0 spiro atoms. The van der Waals surface area contributed by atoms with Gasteiger partial charge in [0.2, 0.25) is 5.91 Å². The number of nitrogens with one attached hydrogen (secondary N) is 1. The van der Waals surface area contributed by atoms with Crippen LogP contribution in [0.4, 0.5) is 0 Å². The van der Waals surface area contributed by atoms with E-state index in [-0.39, 0.29) is 11.9 Å². The highest BCUT2D eigenvalue weighted by Gasteiger charge is 2.24. The van der Waals surface area contributed by atoms with E-state index >= 15 is 0 Å². The topological polar surface area (TPSA) is 61.6 Å². The second-order valence-corrected chi connectivity index (χ2v) is 4.96. The van der Waals surface area contributed by atoms with Crippen molar-refractivity contribution in [3.8, 4) is 0 Å². The number of nitrogens with two attached hydrogens (primary N) is 1. The Morgan fingerprint density at radius 2 is 2.31 bits per heavy atom. The van der Waals surface area contributed by atoms with Crippen LogP contribution in [0.1, 0.15) is 19.3 Å². The van der Waals surface area contributed by atoms with Crippen LogP contribution in [0.25, 0.3) is 0 Å². The van der Waals surface area contributed by atoms with Gasteiger partial charge in [0.05, 0.1) is 0 Å². The van der Waals surface area contributed by atoms with Gasteiger partial charge < -0.3 is 10.6 Å². The third-order valence-corrected chi connectivity index (χ3v) is 3.04. The predicted molar refractivity (Wildman–Crippen MR) is 64.6 cm³/mol. The highest BCUT2D eigenvalue weighted by atomic mass is 16.2. The maximum Gasteiger partial charge on any atom is 0.235 e. The van der Waals surface area contributed by atoms with Crippen molar-refractivity contribution in [1.82, 2.24) is 15.3 Å².